The third-order valence-corrected chi connectivity index (χ3v) is 1.87. The van der Waals surface area contributed by atoms with Crippen molar-refractivity contribution >= 4 is 12.3 Å². The van der Waals surface area contributed by atoms with Crippen LogP contribution in [0.5, 0.6) is 5.75 Å². The molecular weight excluding hydrogens is 236 g/mol. The summed E-state index contributed by atoms with van der Waals surface area (Å²) in [6.45, 7) is -3.26. The minimum atomic E-state index is -3.26. The monoisotopic (exact) mass is 241 g/mol. The van der Waals surface area contributed by atoms with E-state index in [4.69, 9.17) is 10.4 Å². The largest absolute Gasteiger partial charge is 0.478 e. The average Bonchev–Trinajstić information content (AvgIpc) is 2.27. The summed E-state index contributed by atoms with van der Waals surface area (Å²) >= 11 is 0. The van der Waals surface area contributed by atoms with Gasteiger partial charge in [0, 0.05) is 0 Å². The molecule has 0 radical (unpaired) electrons. The zero-order valence-electron chi connectivity index (χ0n) is 8.18. The van der Waals surface area contributed by atoms with Crippen LogP contribution in [0.25, 0.3) is 0 Å². The number of aldehydes is 1. The molecule has 88 valence electrons. The Morgan fingerprint density at radius 1 is 1.53 bits per heavy atom. The van der Waals surface area contributed by atoms with Crippen LogP contribution in [0.1, 0.15) is 26.3 Å². The van der Waals surface area contributed by atoms with E-state index in [0.717, 1.165) is 12.1 Å². The molecule has 0 amide bonds. The summed E-state index contributed by atoms with van der Waals surface area (Å²) in [5, 5.41) is 17.4. The van der Waals surface area contributed by atoms with E-state index in [1.54, 1.807) is 0 Å². The number of alkyl halides is 2. The fourth-order valence-electron chi connectivity index (χ4n) is 1.21. The van der Waals surface area contributed by atoms with E-state index < -0.39 is 29.5 Å². The van der Waals surface area contributed by atoms with Gasteiger partial charge in [-0.2, -0.15) is 14.0 Å². The number of hydrogen-bond donors (Lipinski definition) is 1. The van der Waals surface area contributed by atoms with E-state index in [-0.39, 0.29) is 11.8 Å². The second kappa shape index (κ2) is 5.03. The molecule has 1 aromatic rings. The standard InChI is InChI=1S/C10H5F2NO4/c11-10(12)17-8-5(3-13)1-2-6(9(15)16)7(8)4-14/h1-2,4,10H,(H,15,16). The van der Waals surface area contributed by atoms with Gasteiger partial charge in [0.1, 0.15) is 6.07 Å². The molecule has 0 aliphatic carbocycles. The van der Waals surface area contributed by atoms with E-state index in [2.05, 4.69) is 4.74 Å². The Balaban J connectivity index is 3.49. The van der Waals surface area contributed by atoms with Crippen molar-refractivity contribution in [3.8, 4) is 11.8 Å². The summed E-state index contributed by atoms with van der Waals surface area (Å²) in [4.78, 5) is 21.4. The normalized spacial score (nSPS) is 9.76. The fraction of sp³-hybridized carbons (Fsp3) is 0.100. The maximum atomic E-state index is 12.1. The van der Waals surface area contributed by atoms with Crippen LogP contribution in [0.4, 0.5) is 8.78 Å². The number of rotatable bonds is 4. The molecule has 0 aromatic heterocycles. The molecule has 0 atom stereocenters. The zero-order valence-corrected chi connectivity index (χ0v) is 8.18. The van der Waals surface area contributed by atoms with Gasteiger partial charge in [0.05, 0.1) is 16.7 Å². The van der Waals surface area contributed by atoms with Crippen molar-refractivity contribution in [3.05, 3.63) is 28.8 Å². The van der Waals surface area contributed by atoms with Crippen LogP contribution in [-0.2, 0) is 0 Å². The zero-order chi connectivity index (χ0) is 13.0. The van der Waals surface area contributed by atoms with Gasteiger partial charge in [0.2, 0.25) is 0 Å². The topological polar surface area (TPSA) is 87.4 Å². The van der Waals surface area contributed by atoms with Gasteiger partial charge in [0.25, 0.3) is 0 Å². The molecule has 17 heavy (non-hydrogen) atoms. The van der Waals surface area contributed by atoms with E-state index >= 15 is 0 Å². The first-order valence-electron chi connectivity index (χ1n) is 4.21. The minimum absolute atomic E-state index is 0.0575. The third-order valence-electron chi connectivity index (χ3n) is 1.87. The number of carbonyl (C=O) groups excluding carboxylic acids is 1. The quantitative estimate of drug-likeness (QED) is 0.810. The maximum Gasteiger partial charge on any atom is 0.387 e. The third kappa shape index (κ3) is 2.55. The van der Waals surface area contributed by atoms with Gasteiger partial charge in [0.15, 0.2) is 12.0 Å². The van der Waals surface area contributed by atoms with Gasteiger partial charge in [-0.25, -0.2) is 4.79 Å². The smallest absolute Gasteiger partial charge is 0.387 e. The fourth-order valence-corrected chi connectivity index (χ4v) is 1.21. The second-order valence-electron chi connectivity index (χ2n) is 2.82. The van der Waals surface area contributed by atoms with E-state index in [1.165, 1.54) is 6.07 Å². The summed E-state index contributed by atoms with van der Waals surface area (Å²) in [6, 6.07) is 3.50. The maximum absolute atomic E-state index is 12.1. The highest BCUT2D eigenvalue weighted by Gasteiger charge is 2.20. The summed E-state index contributed by atoms with van der Waals surface area (Å²) in [5.41, 5.74) is -1.43. The number of carboxylic acid groups (broad SMARTS) is 1. The van der Waals surface area contributed by atoms with Crippen LogP contribution in [0.2, 0.25) is 0 Å². The Bertz CT molecular complexity index is 508. The van der Waals surface area contributed by atoms with Gasteiger partial charge in [-0.3, -0.25) is 4.79 Å². The van der Waals surface area contributed by atoms with Gasteiger partial charge in [-0.05, 0) is 12.1 Å². The number of carbonyl (C=O) groups is 2. The Morgan fingerprint density at radius 3 is 2.59 bits per heavy atom. The Morgan fingerprint density at radius 2 is 2.18 bits per heavy atom. The van der Waals surface area contributed by atoms with Crippen molar-refractivity contribution in [2.24, 2.45) is 0 Å². The average molecular weight is 241 g/mol. The lowest BCUT2D eigenvalue weighted by molar-refractivity contribution is -0.0503. The predicted molar refractivity (Wildman–Crippen MR) is 50.1 cm³/mol. The first-order valence-corrected chi connectivity index (χ1v) is 4.21. The molecule has 0 unspecified atom stereocenters. The molecule has 1 aromatic carbocycles. The van der Waals surface area contributed by atoms with Crippen molar-refractivity contribution in [3.63, 3.8) is 0 Å². The van der Waals surface area contributed by atoms with E-state index in [1.807, 2.05) is 0 Å². The van der Waals surface area contributed by atoms with Crippen molar-refractivity contribution < 1.29 is 28.2 Å². The van der Waals surface area contributed by atoms with Crippen molar-refractivity contribution in [1.82, 2.24) is 0 Å². The summed E-state index contributed by atoms with van der Waals surface area (Å²) in [6.07, 6.45) is 0.0575. The Kier molecular flexibility index (Phi) is 3.72. The number of ether oxygens (including phenoxy) is 1. The van der Waals surface area contributed by atoms with Gasteiger partial charge in [-0.1, -0.05) is 0 Å². The molecule has 0 fully saturated rings. The highest BCUT2D eigenvalue weighted by molar-refractivity contribution is 5.99. The number of benzene rings is 1. The lowest BCUT2D eigenvalue weighted by Crippen LogP contribution is -2.10. The molecule has 5 nitrogen and oxygen atoms in total. The summed E-state index contributed by atoms with van der Waals surface area (Å²) in [7, 11) is 0. The highest BCUT2D eigenvalue weighted by Crippen LogP contribution is 2.27. The van der Waals surface area contributed by atoms with E-state index in [9.17, 15) is 18.4 Å². The lowest BCUT2D eigenvalue weighted by Gasteiger charge is -2.10. The number of nitrogens with zero attached hydrogens (tertiary/aromatic N) is 1. The molecular formula is C10H5F2NO4. The van der Waals surface area contributed by atoms with Gasteiger partial charge >= 0.3 is 12.6 Å². The number of hydrogen-bond acceptors (Lipinski definition) is 4. The second-order valence-corrected chi connectivity index (χ2v) is 2.82. The molecule has 0 saturated carbocycles. The molecule has 0 aliphatic rings. The molecule has 0 aliphatic heterocycles. The Hall–Kier alpha value is -2.49. The minimum Gasteiger partial charge on any atom is -0.478 e. The number of halogens is 2. The van der Waals surface area contributed by atoms with Crippen LogP contribution >= 0.6 is 0 Å². The molecule has 0 spiro atoms. The first kappa shape index (κ1) is 12.6. The highest BCUT2D eigenvalue weighted by atomic mass is 19.3. The number of carboxylic acids is 1. The predicted octanol–water partition coefficient (Wildman–Crippen LogP) is 1.67. The van der Waals surface area contributed by atoms with Crippen molar-refractivity contribution in [2.45, 2.75) is 6.61 Å². The van der Waals surface area contributed by atoms with Crippen LogP contribution in [0.15, 0.2) is 12.1 Å². The van der Waals surface area contributed by atoms with Crippen molar-refractivity contribution in [1.29, 1.82) is 5.26 Å². The summed E-state index contributed by atoms with van der Waals surface area (Å²) < 4.78 is 28.2. The first-order chi connectivity index (χ1) is 8.01. The Labute approximate surface area is 93.8 Å². The van der Waals surface area contributed by atoms with Crippen LogP contribution in [0, 0.1) is 11.3 Å². The lowest BCUT2D eigenvalue weighted by atomic mass is 10.0. The number of nitriles is 1. The molecule has 7 heteroatoms. The van der Waals surface area contributed by atoms with Gasteiger partial charge < -0.3 is 9.84 Å². The van der Waals surface area contributed by atoms with Crippen LogP contribution in [0.3, 0.4) is 0 Å². The molecule has 0 bridgehead atoms. The van der Waals surface area contributed by atoms with Crippen LogP contribution < -0.4 is 4.74 Å². The van der Waals surface area contributed by atoms with Gasteiger partial charge in [-0.15, -0.1) is 0 Å². The van der Waals surface area contributed by atoms with E-state index in [0.29, 0.717) is 0 Å². The number of aromatic carboxylic acids is 1. The van der Waals surface area contributed by atoms with Crippen molar-refractivity contribution in [2.75, 3.05) is 0 Å². The molecule has 1 N–H and O–H groups in total. The van der Waals surface area contributed by atoms with Crippen LogP contribution in [-0.4, -0.2) is 24.0 Å². The SMILES string of the molecule is N#Cc1ccc(C(=O)O)c(C=O)c1OC(F)F. The molecule has 0 heterocycles. The summed E-state index contributed by atoms with van der Waals surface area (Å²) in [5.74, 6) is -2.20. The molecule has 1 rings (SSSR count). The molecule has 0 saturated heterocycles.